The van der Waals surface area contributed by atoms with Gasteiger partial charge in [-0.1, -0.05) is 62.4 Å². The van der Waals surface area contributed by atoms with Crippen LogP contribution < -0.4 is 0 Å². The number of hydrogen-bond donors (Lipinski definition) is 0. The zero-order valence-electron chi connectivity index (χ0n) is 13.8. The van der Waals surface area contributed by atoms with Crippen LogP contribution in [0.25, 0.3) is 5.76 Å². The first-order valence-electron chi connectivity index (χ1n) is 7.92. The number of carbonyl (C=O) groups excluding carboxylic acids is 1. The van der Waals surface area contributed by atoms with Crippen LogP contribution in [-0.2, 0) is 17.5 Å². The lowest BCUT2D eigenvalue weighted by Gasteiger charge is -2.09. The number of rotatable bonds is 7. The number of halogens is 2. The molecular weight excluding hydrogens is 309 g/mol. The van der Waals surface area contributed by atoms with E-state index < -0.39 is 7.47 Å². The van der Waals surface area contributed by atoms with Gasteiger partial charge in [0, 0.05) is 17.2 Å². The molecule has 2 rings (SSSR count). The molecule has 0 saturated carbocycles. The molecule has 5 heteroatoms. The molecule has 0 aliphatic heterocycles. The minimum atomic E-state index is -2.99. The van der Waals surface area contributed by atoms with Crippen LogP contribution in [0.15, 0.2) is 54.6 Å². The SMILES string of the molecule is CCc1ccc(C(=O)/C=C(\OB(F)F)c2ccc(CC)cc2)cc1. The van der Waals surface area contributed by atoms with Gasteiger partial charge in [0.2, 0.25) is 0 Å². The van der Waals surface area contributed by atoms with Gasteiger partial charge in [-0.05, 0) is 24.0 Å². The van der Waals surface area contributed by atoms with Crippen LogP contribution in [0.1, 0.15) is 40.9 Å². The highest BCUT2D eigenvalue weighted by atomic mass is 19.2. The first-order chi connectivity index (χ1) is 11.5. The molecule has 0 atom stereocenters. The zero-order valence-corrected chi connectivity index (χ0v) is 13.8. The average Bonchev–Trinajstić information content (AvgIpc) is 2.61. The fourth-order valence-corrected chi connectivity index (χ4v) is 2.29. The van der Waals surface area contributed by atoms with Crippen LogP contribution in [0.4, 0.5) is 8.63 Å². The van der Waals surface area contributed by atoms with E-state index in [-0.39, 0.29) is 11.5 Å². The third-order valence-electron chi connectivity index (χ3n) is 3.77. The van der Waals surface area contributed by atoms with Gasteiger partial charge in [-0.15, -0.1) is 0 Å². The van der Waals surface area contributed by atoms with Crippen molar-refractivity contribution in [1.29, 1.82) is 0 Å². The summed E-state index contributed by atoms with van der Waals surface area (Å²) >= 11 is 0. The number of benzene rings is 2. The van der Waals surface area contributed by atoms with E-state index >= 15 is 0 Å². The van der Waals surface area contributed by atoms with Gasteiger partial charge in [-0.3, -0.25) is 4.79 Å². The quantitative estimate of drug-likeness (QED) is 0.310. The Morgan fingerprint density at radius 1 is 0.917 bits per heavy atom. The normalized spacial score (nSPS) is 11.2. The molecule has 0 heterocycles. The Balaban J connectivity index is 2.30. The summed E-state index contributed by atoms with van der Waals surface area (Å²) in [5.74, 6) is -0.495. The maximum atomic E-state index is 12.7. The molecule has 124 valence electrons. The average molecular weight is 328 g/mol. The van der Waals surface area contributed by atoms with Gasteiger partial charge in [0.1, 0.15) is 5.76 Å². The number of aryl methyl sites for hydroxylation is 2. The van der Waals surface area contributed by atoms with E-state index in [1.807, 2.05) is 38.1 Å². The minimum absolute atomic E-state index is 0.128. The molecule has 0 radical (unpaired) electrons. The predicted octanol–water partition coefficient (Wildman–Crippen LogP) is 4.98. The number of allylic oxidation sites excluding steroid dienone is 1. The largest absolute Gasteiger partial charge is 0.796 e. The lowest BCUT2D eigenvalue weighted by molar-refractivity contribution is 0.104. The molecule has 2 aromatic rings. The van der Waals surface area contributed by atoms with Crippen molar-refractivity contribution in [3.63, 3.8) is 0 Å². The number of ketones is 1. The molecule has 0 aliphatic rings. The summed E-state index contributed by atoms with van der Waals surface area (Å²) in [6.45, 7) is 4.02. The molecule has 24 heavy (non-hydrogen) atoms. The highest BCUT2D eigenvalue weighted by Gasteiger charge is 2.21. The Hall–Kier alpha value is -2.43. The molecular formula is C19H19BF2O2. The fourth-order valence-electron chi connectivity index (χ4n) is 2.29. The summed E-state index contributed by atoms with van der Waals surface area (Å²) in [6, 6.07) is 14.1. The number of hydrogen-bond acceptors (Lipinski definition) is 2. The summed E-state index contributed by atoms with van der Waals surface area (Å²) in [7, 11) is -2.99. The summed E-state index contributed by atoms with van der Waals surface area (Å²) in [5.41, 5.74) is 3.07. The van der Waals surface area contributed by atoms with E-state index in [1.54, 1.807) is 24.3 Å². The van der Waals surface area contributed by atoms with Crippen molar-refractivity contribution in [2.45, 2.75) is 26.7 Å². The van der Waals surface area contributed by atoms with Crippen LogP contribution >= 0.6 is 0 Å². The van der Waals surface area contributed by atoms with Crippen LogP contribution in [0, 0.1) is 0 Å². The topological polar surface area (TPSA) is 26.3 Å². The molecule has 0 saturated heterocycles. The van der Waals surface area contributed by atoms with E-state index in [9.17, 15) is 13.4 Å². The van der Waals surface area contributed by atoms with Crippen molar-refractivity contribution in [3.05, 3.63) is 76.9 Å². The van der Waals surface area contributed by atoms with Crippen LogP contribution in [0.5, 0.6) is 0 Å². The maximum Gasteiger partial charge on any atom is 0.796 e. The Labute approximate surface area is 141 Å². The van der Waals surface area contributed by atoms with E-state index in [1.165, 1.54) is 0 Å². The van der Waals surface area contributed by atoms with Gasteiger partial charge in [0.15, 0.2) is 5.78 Å². The van der Waals surface area contributed by atoms with Crippen molar-refractivity contribution < 1.29 is 18.1 Å². The molecule has 0 bridgehead atoms. The lowest BCUT2D eigenvalue weighted by atomic mass is 10.0. The van der Waals surface area contributed by atoms with Crippen molar-refractivity contribution in [3.8, 4) is 0 Å². The lowest BCUT2D eigenvalue weighted by Crippen LogP contribution is -2.06. The summed E-state index contributed by atoms with van der Waals surface area (Å²) in [5, 5.41) is 0. The Bertz CT molecular complexity index is 707. The highest BCUT2D eigenvalue weighted by Crippen LogP contribution is 2.20. The molecule has 0 N–H and O–H groups in total. The Kier molecular flexibility index (Phi) is 6.30. The monoisotopic (exact) mass is 328 g/mol. The van der Waals surface area contributed by atoms with Crippen LogP contribution in [0.3, 0.4) is 0 Å². The molecule has 0 unspecified atom stereocenters. The minimum Gasteiger partial charge on any atom is -0.505 e. The van der Waals surface area contributed by atoms with Gasteiger partial charge < -0.3 is 4.65 Å². The molecule has 0 aromatic heterocycles. The third kappa shape index (κ3) is 4.78. The first-order valence-corrected chi connectivity index (χ1v) is 7.92. The van der Waals surface area contributed by atoms with Gasteiger partial charge in [0.05, 0.1) is 0 Å². The van der Waals surface area contributed by atoms with Crippen LogP contribution in [0.2, 0.25) is 0 Å². The van der Waals surface area contributed by atoms with Crippen molar-refractivity contribution in [2.75, 3.05) is 0 Å². The fraction of sp³-hybridized carbons (Fsp3) is 0.211. The smallest absolute Gasteiger partial charge is 0.505 e. The summed E-state index contributed by atoms with van der Waals surface area (Å²) < 4.78 is 29.9. The second kappa shape index (κ2) is 8.43. The van der Waals surface area contributed by atoms with E-state index in [0.717, 1.165) is 30.0 Å². The Morgan fingerprint density at radius 3 is 1.79 bits per heavy atom. The zero-order chi connectivity index (χ0) is 17.5. The number of carbonyl (C=O) groups is 1. The standard InChI is InChI=1S/C19H19BF2O2/c1-3-14-5-9-16(10-6-14)18(23)13-19(24-20(21)22)17-11-7-15(4-2)8-12-17/h5-13H,3-4H2,1-2H3/b19-13-. The van der Waals surface area contributed by atoms with Crippen molar-refractivity contribution in [2.24, 2.45) is 0 Å². The van der Waals surface area contributed by atoms with Gasteiger partial charge >= 0.3 is 7.47 Å². The van der Waals surface area contributed by atoms with Crippen molar-refractivity contribution in [1.82, 2.24) is 0 Å². The molecule has 2 nitrogen and oxygen atoms in total. The second-order valence-corrected chi connectivity index (χ2v) is 5.35. The van der Waals surface area contributed by atoms with Crippen molar-refractivity contribution >= 4 is 19.0 Å². The van der Waals surface area contributed by atoms with E-state index in [0.29, 0.717) is 11.1 Å². The second-order valence-electron chi connectivity index (χ2n) is 5.35. The molecule has 0 aliphatic carbocycles. The summed E-state index contributed by atoms with van der Waals surface area (Å²) in [4.78, 5) is 12.3. The Morgan fingerprint density at radius 2 is 1.38 bits per heavy atom. The first kappa shape index (κ1) is 17.9. The molecule has 0 fully saturated rings. The summed E-state index contributed by atoms with van der Waals surface area (Å²) in [6.07, 6.45) is 2.83. The predicted molar refractivity (Wildman–Crippen MR) is 93.0 cm³/mol. The van der Waals surface area contributed by atoms with Crippen LogP contribution in [-0.4, -0.2) is 13.3 Å². The van der Waals surface area contributed by atoms with Gasteiger partial charge in [-0.2, -0.15) is 0 Å². The molecule has 2 aromatic carbocycles. The molecule has 0 spiro atoms. The maximum absolute atomic E-state index is 12.7. The van der Waals surface area contributed by atoms with Gasteiger partial charge in [-0.25, -0.2) is 8.63 Å². The van der Waals surface area contributed by atoms with E-state index in [4.69, 9.17) is 0 Å². The third-order valence-corrected chi connectivity index (χ3v) is 3.77. The highest BCUT2D eigenvalue weighted by molar-refractivity contribution is 6.36. The molecule has 0 amide bonds. The van der Waals surface area contributed by atoms with E-state index in [2.05, 4.69) is 4.65 Å². The van der Waals surface area contributed by atoms with Gasteiger partial charge in [0.25, 0.3) is 0 Å².